The molecule has 0 saturated heterocycles. The lowest BCUT2D eigenvalue weighted by molar-refractivity contribution is -0.124. The van der Waals surface area contributed by atoms with Gasteiger partial charge in [-0.1, -0.05) is 18.2 Å². The number of carbonyl (C=O) groups excluding carboxylic acids is 2. The Morgan fingerprint density at radius 2 is 1.65 bits per heavy atom. The van der Waals surface area contributed by atoms with Crippen molar-refractivity contribution in [1.82, 2.24) is 5.32 Å². The van der Waals surface area contributed by atoms with Crippen LogP contribution in [0, 0.1) is 11.6 Å². The first kappa shape index (κ1) is 19.2. The maximum absolute atomic E-state index is 13.4. The van der Waals surface area contributed by atoms with Crippen molar-refractivity contribution in [3.05, 3.63) is 59.7 Å². The van der Waals surface area contributed by atoms with Gasteiger partial charge in [-0.25, -0.2) is 13.6 Å². The van der Waals surface area contributed by atoms with Gasteiger partial charge in [0.05, 0.1) is 13.7 Å². The summed E-state index contributed by atoms with van der Waals surface area (Å²) in [5.74, 6) is -2.91. The molecular formula is C18H17F2NO5. The summed E-state index contributed by atoms with van der Waals surface area (Å²) in [7, 11) is 1.51. The second-order valence-corrected chi connectivity index (χ2v) is 5.02. The maximum atomic E-state index is 13.4. The Labute approximate surface area is 148 Å². The number of benzene rings is 2. The van der Waals surface area contributed by atoms with Gasteiger partial charge in [0, 0.05) is 0 Å². The van der Waals surface area contributed by atoms with E-state index in [0.717, 1.165) is 18.2 Å². The van der Waals surface area contributed by atoms with Crippen LogP contribution in [0.5, 0.6) is 11.5 Å². The lowest BCUT2D eigenvalue weighted by atomic mass is 10.2. The molecule has 0 aliphatic heterocycles. The largest absolute Gasteiger partial charge is 0.493 e. The molecule has 6 nitrogen and oxygen atoms in total. The number of methoxy groups -OCH3 is 1. The molecule has 0 aromatic heterocycles. The van der Waals surface area contributed by atoms with E-state index in [9.17, 15) is 18.4 Å². The molecule has 2 rings (SSSR count). The highest BCUT2D eigenvalue weighted by molar-refractivity contribution is 5.91. The summed E-state index contributed by atoms with van der Waals surface area (Å²) < 4.78 is 42.0. The van der Waals surface area contributed by atoms with Crippen molar-refractivity contribution in [3.63, 3.8) is 0 Å². The fourth-order valence-electron chi connectivity index (χ4n) is 2.04. The molecule has 0 aliphatic rings. The monoisotopic (exact) mass is 365 g/mol. The zero-order chi connectivity index (χ0) is 18.9. The van der Waals surface area contributed by atoms with Gasteiger partial charge < -0.3 is 19.5 Å². The minimum absolute atomic E-state index is 0.141. The third kappa shape index (κ3) is 5.17. The summed E-state index contributed by atoms with van der Waals surface area (Å²) in [4.78, 5) is 23.3. The molecule has 1 N–H and O–H groups in total. The van der Waals surface area contributed by atoms with E-state index in [-0.39, 0.29) is 13.2 Å². The standard InChI is InChI=1S/C18H17F2NO5/c1-24-14-7-2-3-8-15(14)25-10-9-21-16(22)11-26-18(23)17-12(19)5-4-6-13(17)20/h2-8H,9-11H2,1H3,(H,21,22). The second-order valence-electron chi connectivity index (χ2n) is 5.02. The number of nitrogens with one attached hydrogen (secondary N) is 1. The Balaban J connectivity index is 1.73. The molecule has 0 atom stereocenters. The van der Waals surface area contributed by atoms with Crippen LogP contribution in [0.1, 0.15) is 10.4 Å². The number of amides is 1. The van der Waals surface area contributed by atoms with Crippen molar-refractivity contribution in [2.24, 2.45) is 0 Å². The minimum Gasteiger partial charge on any atom is -0.493 e. The molecule has 0 saturated carbocycles. The summed E-state index contributed by atoms with van der Waals surface area (Å²) in [6.07, 6.45) is 0. The highest BCUT2D eigenvalue weighted by Gasteiger charge is 2.19. The first-order valence-corrected chi connectivity index (χ1v) is 7.66. The molecule has 0 heterocycles. The van der Waals surface area contributed by atoms with Gasteiger partial charge in [-0.05, 0) is 24.3 Å². The van der Waals surface area contributed by atoms with Crippen LogP contribution in [0.2, 0.25) is 0 Å². The first-order chi connectivity index (χ1) is 12.5. The summed E-state index contributed by atoms with van der Waals surface area (Å²) in [6, 6.07) is 9.98. The van der Waals surface area contributed by atoms with Crippen molar-refractivity contribution in [1.29, 1.82) is 0 Å². The van der Waals surface area contributed by atoms with Gasteiger partial charge in [0.1, 0.15) is 23.8 Å². The summed E-state index contributed by atoms with van der Waals surface area (Å²) in [5.41, 5.74) is -0.834. The number of hydrogen-bond acceptors (Lipinski definition) is 5. The Morgan fingerprint density at radius 3 is 2.31 bits per heavy atom. The van der Waals surface area contributed by atoms with Crippen LogP contribution in [-0.2, 0) is 9.53 Å². The lowest BCUT2D eigenvalue weighted by Crippen LogP contribution is -2.32. The Morgan fingerprint density at radius 1 is 1.00 bits per heavy atom. The topological polar surface area (TPSA) is 73.9 Å². The number of esters is 1. The molecule has 0 bridgehead atoms. The predicted octanol–water partition coefficient (Wildman–Crippen LogP) is 2.33. The molecule has 0 fully saturated rings. The molecule has 0 spiro atoms. The van der Waals surface area contributed by atoms with E-state index in [1.54, 1.807) is 24.3 Å². The van der Waals surface area contributed by atoms with Crippen molar-refractivity contribution in [2.75, 3.05) is 26.9 Å². The van der Waals surface area contributed by atoms with Gasteiger partial charge in [0.2, 0.25) is 0 Å². The van der Waals surface area contributed by atoms with Crippen LogP contribution in [0.15, 0.2) is 42.5 Å². The van der Waals surface area contributed by atoms with Crippen molar-refractivity contribution in [3.8, 4) is 11.5 Å². The van der Waals surface area contributed by atoms with Crippen LogP contribution < -0.4 is 14.8 Å². The number of halogens is 2. The van der Waals surface area contributed by atoms with E-state index in [1.165, 1.54) is 7.11 Å². The molecule has 8 heteroatoms. The van der Waals surface area contributed by atoms with Crippen LogP contribution in [0.3, 0.4) is 0 Å². The molecule has 1 amide bonds. The fourth-order valence-corrected chi connectivity index (χ4v) is 2.04. The molecule has 0 radical (unpaired) electrons. The van der Waals surface area contributed by atoms with Gasteiger partial charge in [-0.2, -0.15) is 0 Å². The van der Waals surface area contributed by atoms with Crippen LogP contribution in [0.25, 0.3) is 0 Å². The third-order valence-corrected chi connectivity index (χ3v) is 3.25. The zero-order valence-corrected chi connectivity index (χ0v) is 14.0. The normalized spacial score (nSPS) is 10.1. The van der Waals surface area contributed by atoms with E-state index < -0.39 is 35.7 Å². The highest BCUT2D eigenvalue weighted by atomic mass is 19.1. The number of rotatable bonds is 8. The fraction of sp³-hybridized carbons (Fsp3) is 0.222. The van der Waals surface area contributed by atoms with Crippen molar-refractivity contribution >= 4 is 11.9 Å². The highest BCUT2D eigenvalue weighted by Crippen LogP contribution is 2.25. The molecular weight excluding hydrogens is 348 g/mol. The van der Waals surface area contributed by atoms with Gasteiger partial charge in [-0.15, -0.1) is 0 Å². The quantitative estimate of drug-likeness (QED) is 0.574. The average Bonchev–Trinajstić information content (AvgIpc) is 2.63. The number of carbonyl (C=O) groups is 2. The van der Waals surface area contributed by atoms with Crippen LogP contribution >= 0.6 is 0 Å². The van der Waals surface area contributed by atoms with E-state index in [0.29, 0.717) is 11.5 Å². The summed E-state index contributed by atoms with van der Waals surface area (Å²) >= 11 is 0. The molecule has 0 unspecified atom stereocenters. The molecule has 26 heavy (non-hydrogen) atoms. The zero-order valence-electron chi connectivity index (χ0n) is 14.0. The molecule has 0 aliphatic carbocycles. The molecule has 138 valence electrons. The van der Waals surface area contributed by atoms with Crippen molar-refractivity contribution < 1.29 is 32.6 Å². The smallest absolute Gasteiger partial charge is 0.344 e. The van der Waals surface area contributed by atoms with Gasteiger partial charge in [-0.3, -0.25) is 4.79 Å². The Hall–Kier alpha value is -3.16. The van der Waals surface area contributed by atoms with E-state index in [2.05, 4.69) is 10.1 Å². The van der Waals surface area contributed by atoms with Gasteiger partial charge >= 0.3 is 5.97 Å². The van der Waals surface area contributed by atoms with Crippen LogP contribution in [0.4, 0.5) is 8.78 Å². The second kappa shape index (κ2) is 9.36. The Kier molecular flexibility index (Phi) is 6.90. The Bertz CT molecular complexity index is 762. The van der Waals surface area contributed by atoms with E-state index >= 15 is 0 Å². The number of ether oxygens (including phenoxy) is 3. The maximum Gasteiger partial charge on any atom is 0.344 e. The van der Waals surface area contributed by atoms with Gasteiger partial charge in [0.25, 0.3) is 5.91 Å². The van der Waals surface area contributed by atoms with Crippen LogP contribution in [-0.4, -0.2) is 38.7 Å². The third-order valence-electron chi connectivity index (χ3n) is 3.25. The van der Waals surface area contributed by atoms with E-state index in [1.807, 2.05) is 0 Å². The van der Waals surface area contributed by atoms with E-state index in [4.69, 9.17) is 9.47 Å². The number of para-hydroxylation sites is 2. The van der Waals surface area contributed by atoms with Crippen molar-refractivity contribution in [2.45, 2.75) is 0 Å². The average molecular weight is 365 g/mol. The van der Waals surface area contributed by atoms with Gasteiger partial charge in [0.15, 0.2) is 18.1 Å². The minimum atomic E-state index is -1.25. The summed E-state index contributed by atoms with van der Waals surface area (Å²) in [6.45, 7) is -0.369. The molecule has 2 aromatic rings. The lowest BCUT2D eigenvalue weighted by Gasteiger charge is -2.11. The first-order valence-electron chi connectivity index (χ1n) is 7.66. The SMILES string of the molecule is COc1ccccc1OCCNC(=O)COC(=O)c1c(F)cccc1F. The summed E-state index contributed by atoms with van der Waals surface area (Å²) in [5, 5.41) is 2.46. The molecule has 2 aromatic carbocycles. The number of hydrogen-bond donors (Lipinski definition) is 1. The predicted molar refractivity (Wildman–Crippen MR) is 88.1 cm³/mol.